The largest absolute Gasteiger partial charge is 0.484 e. The molecule has 1 aromatic heterocycles. The maximum atomic E-state index is 12.2. The first-order valence-corrected chi connectivity index (χ1v) is 9.17. The average molecular weight is 413 g/mol. The van der Waals surface area contributed by atoms with Gasteiger partial charge in [0, 0.05) is 10.3 Å². The summed E-state index contributed by atoms with van der Waals surface area (Å²) in [5.41, 5.74) is 0.916. The zero-order valence-corrected chi connectivity index (χ0v) is 15.7. The number of alkyl halides is 2. The topological polar surface area (TPSA) is 57.4 Å². The quantitative estimate of drug-likeness (QED) is 0.438. The van der Waals surface area contributed by atoms with Crippen LogP contribution in [0.2, 0.25) is 5.02 Å². The normalized spacial score (nSPS) is 12.2. The molecule has 2 aromatic carbocycles. The number of nitrogens with zero attached hydrogens (tertiary/aromatic N) is 2. The molecule has 27 heavy (non-hydrogen) atoms. The fourth-order valence-corrected chi connectivity index (χ4v) is 3.11. The van der Waals surface area contributed by atoms with Gasteiger partial charge in [-0.2, -0.15) is 8.78 Å². The molecule has 0 amide bonds. The minimum Gasteiger partial charge on any atom is -0.484 e. The molecule has 3 aromatic rings. The van der Waals surface area contributed by atoms with E-state index in [9.17, 15) is 8.78 Å². The van der Waals surface area contributed by atoms with E-state index < -0.39 is 6.61 Å². The Morgan fingerprint density at radius 1 is 1.04 bits per heavy atom. The number of thioether (sulfide) groups is 1. The van der Waals surface area contributed by atoms with Crippen LogP contribution in [0.4, 0.5) is 8.78 Å². The molecule has 0 saturated heterocycles. The van der Waals surface area contributed by atoms with Gasteiger partial charge in [-0.25, -0.2) is 0 Å². The van der Waals surface area contributed by atoms with Crippen LogP contribution in [0, 0.1) is 0 Å². The molecular weight excluding hydrogens is 398 g/mol. The Kier molecular flexibility index (Phi) is 6.52. The lowest BCUT2D eigenvalue weighted by Gasteiger charge is -2.10. The molecule has 0 aliphatic heterocycles. The van der Waals surface area contributed by atoms with E-state index in [1.165, 1.54) is 23.9 Å². The minimum absolute atomic E-state index is 0.0175. The zero-order chi connectivity index (χ0) is 19.2. The summed E-state index contributed by atoms with van der Waals surface area (Å²) in [6, 6.07) is 13.4. The number of aromatic nitrogens is 2. The van der Waals surface area contributed by atoms with Crippen LogP contribution in [0.3, 0.4) is 0 Å². The van der Waals surface area contributed by atoms with Gasteiger partial charge >= 0.3 is 6.61 Å². The predicted molar refractivity (Wildman–Crippen MR) is 97.4 cm³/mol. The number of benzene rings is 2. The van der Waals surface area contributed by atoms with Crippen molar-refractivity contribution in [3.8, 4) is 11.5 Å². The fourth-order valence-electron chi connectivity index (χ4n) is 2.16. The third kappa shape index (κ3) is 5.83. The molecule has 0 saturated carbocycles. The Morgan fingerprint density at radius 3 is 2.37 bits per heavy atom. The summed E-state index contributed by atoms with van der Waals surface area (Å²) in [4.78, 5) is 0. The first-order chi connectivity index (χ1) is 13.0. The fraction of sp³-hybridized carbons (Fsp3) is 0.222. The summed E-state index contributed by atoms with van der Waals surface area (Å²) in [7, 11) is 0. The van der Waals surface area contributed by atoms with E-state index in [1.807, 2.05) is 6.92 Å². The molecule has 5 nitrogen and oxygen atoms in total. The van der Waals surface area contributed by atoms with Crippen molar-refractivity contribution >= 4 is 23.4 Å². The van der Waals surface area contributed by atoms with Crippen LogP contribution < -0.4 is 9.47 Å². The smallest absolute Gasteiger partial charge is 0.387 e. The highest BCUT2D eigenvalue weighted by Gasteiger charge is 2.14. The van der Waals surface area contributed by atoms with E-state index >= 15 is 0 Å². The van der Waals surface area contributed by atoms with Crippen molar-refractivity contribution in [2.24, 2.45) is 0 Å². The lowest BCUT2D eigenvalue weighted by atomic mass is 10.2. The van der Waals surface area contributed by atoms with Crippen LogP contribution in [-0.4, -0.2) is 16.8 Å². The van der Waals surface area contributed by atoms with Gasteiger partial charge in [-0.1, -0.05) is 35.5 Å². The zero-order valence-electron chi connectivity index (χ0n) is 14.1. The highest BCUT2D eigenvalue weighted by Crippen LogP contribution is 2.34. The first kappa shape index (κ1) is 19.4. The van der Waals surface area contributed by atoms with E-state index in [0.717, 1.165) is 5.56 Å². The third-order valence-electron chi connectivity index (χ3n) is 3.48. The molecule has 1 unspecified atom stereocenters. The predicted octanol–water partition coefficient (Wildman–Crippen LogP) is 5.76. The Bertz CT molecular complexity index is 860. The second kappa shape index (κ2) is 9.05. The molecule has 3 rings (SSSR count). The molecular formula is C18H15ClF2N2O3S. The lowest BCUT2D eigenvalue weighted by molar-refractivity contribution is -0.0498. The molecule has 9 heteroatoms. The van der Waals surface area contributed by atoms with Crippen molar-refractivity contribution in [3.05, 3.63) is 65.0 Å². The molecule has 0 aliphatic carbocycles. The van der Waals surface area contributed by atoms with Gasteiger partial charge in [-0.05, 0) is 48.9 Å². The van der Waals surface area contributed by atoms with Crippen molar-refractivity contribution in [2.75, 3.05) is 0 Å². The molecule has 0 bridgehead atoms. The van der Waals surface area contributed by atoms with E-state index in [2.05, 4.69) is 14.9 Å². The van der Waals surface area contributed by atoms with Crippen LogP contribution in [0.25, 0.3) is 0 Å². The minimum atomic E-state index is -2.84. The van der Waals surface area contributed by atoms with E-state index in [-0.39, 0.29) is 17.6 Å². The molecule has 1 heterocycles. The van der Waals surface area contributed by atoms with Gasteiger partial charge in [-0.3, -0.25) is 0 Å². The number of hydrogen-bond donors (Lipinski definition) is 0. The summed E-state index contributed by atoms with van der Waals surface area (Å²) in [6.45, 7) is -0.750. The highest BCUT2D eigenvalue weighted by molar-refractivity contribution is 7.99. The summed E-state index contributed by atoms with van der Waals surface area (Å²) < 4.78 is 39.8. The van der Waals surface area contributed by atoms with Crippen LogP contribution in [0.15, 0.2) is 58.2 Å². The van der Waals surface area contributed by atoms with Gasteiger partial charge < -0.3 is 13.9 Å². The van der Waals surface area contributed by atoms with Crippen LogP contribution in [-0.2, 0) is 6.61 Å². The van der Waals surface area contributed by atoms with Crippen molar-refractivity contribution in [1.29, 1.82) is 0 Å². The first-order valence-electron chi connectivity index (χ1n) is 7.92. The summed E-state index contributed by atoms with van der Waals surface area (Å²) >= 11 is 7.18. The van der Waals surface area contributed by atoms with Crippen molar-refractivity contribution in [3.63, 3.8) is 0 Å². The second-order valence-corrected chi connectivity index (χ2v) is 7.14. The average Bonchev–Trinajstić information content (AvgIpc) is 3.08. The van der Waals surface area contributed by atoms with E-state index in [1.54, 1.807) is 36.4 Å². The SMILES string of the molecule is CC(Sc1nnc(COc2ccc(Cl)cc2)o1)c1ccc(OC(F)F)cc1. The van der Waals surface area contributed by atoms with Crippen molar-refractivity contribution < 1.29 is 22.7 Å². The standard InChI is InChI=1S/C18H15ClF2N2O3S/c1-11(12-2-6-15(7-3-12)25-17(20)21)27-18-23-22-16(26-18)10-24-14-8-4-13(19)5-9-14/h2-9,11,17H,10H2,1H3. The number of hydrogen-bond acceptors (Lipinski definition) is 6. The molecule has 0 spiro atoms. The summed E-state index contributed by atoms with van der Waals surface area (Å²) in [5, 5.41) is 8.94. The molecule has 0 radical (unpaired) electrons. The monoisotopic (exact) mass is 412 g/mol. The van der Waals surface area contributed by atoms with Crippen molar-refractivity contribution in [2.45, 2.75) is 30.6 Å². The van der Waals surface area contributed by atoms with Crippen LogP contribution in [0.5, 0.6) is 11.5 Å². The molecule has 142 valence electrons. The van der Waals surface area contributed by atoms with E-state index in [0.29, 0.717) is 21.9 Å². The number of ether oxygens (including phenoxy) is 2. The highest BCUT2D eigenvalue weighted by atomic mass is 35.5. The van der Waals surface area contributed by atoms with Gasteiger partial charge in [0.2, 0.25) is 0 Å². The third-order valence-corrected chi connectivity index (χ3v) is 4.72. The molecule has 1 atom stereocenters. The van der Waals surface area contributed by atoms with Gasteiger partial charge in [0.25, 0.3) is 11.1 Å². The van der Waals surface area contributed by atoms with Gasteiger partial charge in [0.05, 0.1) is 0 Å². The number of rotatable bonds is 8. The summed E-state index contributed by atoms with van der Waals surface area (Å²) in [5.74, 6) is 1.11. The van der Waals surface area contributed by atoms with Gasteiger partial charge in [-0.15, -0.1) is 10.2 Å². The van der Waals surface area contributed by atoms with Crippen LogP contribution in [0.1, 0.15) is 23.6 Å². The van der Waals surface area contributed by atoms with Crippen molar-refractivity contribution in [1.82, 2.24) is 10.2 Å². The Labute approximate surface area is 163 Å². The van der Waals surface area contributed by atoms with Crippen LogP contribution >= 0.6 is 23.4 Å². The maximum absolute atomic E-state index is 12.2. The number of halogens is 3. The lowest BCUT2D eigenvalue weighted by Crippen LogP contribution is -2.01. The Morgan fingerprint density at radius 2 is 1.70 bits per heavy atom. The summed E-state index contributed by atoms with van der Waals surface area (Å²) in [6.07, 6.45) is 0. The Balaban J connectivity index is 1.54. The molecule has 0 aliphatic rings. The van der Waals surface area contributed by atoms with Gasteiger partial charge in [0.15, 0.2) is 6.61 Å². The second-order valence-electron chi connectivity index (χ2n) is 5.41. The molecule has 0 N–H and O–H groups in total. The van der Waals surface area contributed by atoms with E-state index in [4.69, 9.17) is 20.8 Å². The maximum Gasteiger partial charge on any atom is 0.387 e. The van der Waals surface area contributed by atoms with Gasteiger partial charge in [0.1, 0.15) is 11.5 Å². The molecule has 0 fully saturated rings. The Hall–Kier alpha value is -2.32.